The van der Waals surface area contributed by atoms with Crippen molar-refractivity contribution in [3.8, 4) is 17.1 Å². The van der Waals surface area contributed by atoms with Crippen LogP contribution in [0.3, 0.4) is 0 Å². The normalized spacial score (nSPS) is 10.6. The number of anilines is 1. The van der Waals surface area contributed by atoms with Crippen LogP contribution >= 0.6 is 0 Å². The van der Waals surface area contributed by atoms with Crippen LogP contribution in [0.1, 0.15) is 0 Å². The molecule has 2 aromatic heterocycles. The number of aromatic nitrogens is 3. The van der Waals surface area contributed by atoms with E-state index in [-0.39, 0.29) is 5.95 Å². The van der Waals surface area contributed by atoms with E-state index in [1.807, 2.05) is 30.5 Å². The van der Waals surface area contributed by atoms with Crippen LogP contribution in [0.2, 0.25) is 0 Å². The first kappa shape index (κ1) is 11.4. The van der Waals surface area contributed by atoms with Gasteiger partial charge in [0.25, 0.3) is 0 Å². The molecule has 94 valence electrons. The van der Waals surface area contributed by atoms with Crippen LogP contribution in [0.4, 0.5) is 5.95 Å². The van der Waals surface area contributed by atoms with Crippen LogP contribution in [0, 0.1) is 0 Å². The highest BCUT2D eigenvalue weighted by Crippen LogP contribution is 2.28. The molecule has 1 aromatic carbocycles. The Balaban J connectivity index is 2.27. The van der Waals surface area contributed by atoms with Crippen molar-refractivity contribution in [1.82, 2.24) is 15.0 Å². The highest BCUT2D eigenvalue weighted by atomic mass is 16.5. The Hall–Kier alpha value is -2.69. The van der Waals surface area contributed by atoms with E-state index in [2.05, 4.69) is 15.0 Å². The minimum absolute atomic E-state index is 0.190. The van der Waals surface area contributed by atoms with Gasteiger partial charge in [-0.3, -0.25) is 4.98 Å². The molecular weight excluding hydrogens is 240 g/mol. The molecule has 3 aromatic rings. The van der Waals surface area contributed by atoms with Gasteiger partial charge in [0.1, 0.15) is 0 Å². The molecule has 0 amide bonds. The quantitative estimate of drug-likeness (QED) is 0.757. The second-order valence-corrected chi connectivity index (χ2v) is 4.06. The summed E-state index contributed by atoms with van der Waals surface area (Å²) in [5, 5.41) is 2.12. The zero-order valence-electron chi connectivity index (χ0n) is 10.4. The number of ether oxygens (including phenoxy) is 1. The molecule has 0 unspecified atom stereocenters. The maximum atomic E-state index is 5.70. The van der Waals surface area contributed by atoms with Crippen molar-refractivity contribution < 1.29 is 4.74 Å². The van der Waals surface area contributed by atoms with Crippen molar-refractivity contribution in [2.75, 3.05) is 12.8 Å². The van der Waals surface area contributed by atoms with Gasteiger partial charge in [0.05, 0.1) is 12.8 Å². The number of fused-ring (bicyclic) bond motifs is 1. The Kier molecular flexibility index (Phi) is 2.72. The van der Waals surface area contributed by atoms with E-state index < -0.39 is 0 Å². The van der Waals surface area contributed by atoms with Gasteiger partial charge in [-0.2, -0.15) is 4.98 Å². The number of nitrogens with two attached hydrogens (primary N) is 1. The average molecular weight is 252 g/mol. The van der Waals surface area contributed by atoms with E-state index >= 15 is 0 Å². The van der Waals surface area contributed by atoms with E-state index in [9.17, 15) is 0 Å². The molecular formula is C14H12N4O. The van der Waals surface area contributed by atoms with Gasteiger partial charge in [-0.05, 0) is 11.5 Å². The lowest BCUT2D eigenvalue weighted by Gasteiger charge is -2.07. The molecule has 0 saturated carbocycles. The molecule has 0 bridgehead atoms. The molecule has 0 spiro atoms. The summed E-state index contributed by atoms with van der Waals surface area (Å²) >= 11 is 0. The number of hydrogen-bond donors (Lipinski definition) is 1. The number of methoxy groups -OCH3 is 1. The number of pyridine rings is 1. The van der Waals surface area contributed by atoms with Crippen LogP contribution in [0.15, 0.2) is 42.7 Å². The van der Waals surface area contributed by atoms with E-state index in [0.717, 1.165) is 22.0 Å². The van der Waals surface area contributed by atoms with E-state index in [0.29, 0.717) is 5.88 Å². The summed E-state index contributed by atoms with van der Waals surface area (Å²) in [5.74, 6) is 0.638. The standard InChI is InChI=1S/C14H12N4O/c1-19-13-7-12(17-14(15)18-13)10-4-2-3-9-5-6-16-8-11(9)10/h2-8H,1H3,(H2,15,17,18). The molecule has 0 aliphatic carbocycles. The highest BCUT2D eigenvalue weighted by molar-refractivity contribution is 5.95. The lowest BCUT2D eigenvalue weighted by Crippen LogP contribution is -1.99. The van der Waals surface area contributed by atoms with Gasteiger partial charge in [-0.25, -0.2) is 4.98 Å². The topological polar surface area (TPSA) is 73.9 Å². The van der Waals surface area contributed by atoms with Crippen molar-refractivity contribution in [2.24, 2.45) is 0 Å². The van der Waals surface area contributed by atoms with Crippen molar-refractivity contribution >= 4 is 16.7 Å². The van der Waals surface area contributed by atoms with Gasteiger partial charge in [0.15, 0.2) is 0 Å². The average Bonchev–Trinajstić information content (AvgIpc) is 2.46. The molecule has 0 saturated heterocycles. The monoisotopic (exact) mass is 252 g/mol. The second-order valence-electron chi connectivity index (χ2n) is 4.06. The van der Waals surface area contributed by atoms with Crippen LogP contribution in [0.25, 0.3) is 22.0 Å². The molecule has 0 fully saturated rings. The fourth-order valence-corrected chi connectivity index (χ4v) is 2.02. The predicted molar refractivity (Wildman–Crippen MR) is 73.7 cm³/mol. The van der Waals surface area contributed by atoms with E-state index in [1.54, 1.807) is 19.4 Å². The summed E-state index contributed by atoms with van der Waals surface area (Å²) < 4.78 is 5.12. The zero-order valence-corrected chi connectivity index (χ0v) is 10.4. The van der Waals surface area contributed by atoms with E-state index in [4.69, 9.17) is 10.5 Å². The van der Waals surface area contributed by atoms with Crippen molar-refractivity contribution in [2.45, 2.75) is 0 Å². The van der Waals surface area contributed by atoms with E-state index in [1.165, 1.54) is 0 Å². The third-order valence-electron chi connectivity index (χ3n) is 2.89. The van der Waals surface area contributed by atoms with Gasteiger partial charge in [0, 0.05) is 29.4 Å². The minimum Gasteiger partial charge on any atom is -0.481 e. The number of benzene rings is 1. The molecule has 2 N–H and O–H groups in total. The van der Waals surface area contributed by atoms with Gasteiger partial charge in [-0.15, -0.1) is 0 Å². The molecule has 19 heavy (non-hydrogen) atoms. The molecule has 0 radical (unpaired) electrons. The third kappa shape index (κ3) is 2.06. The lowest BCUT2D eigenvalue weighted by molar-refractivity contribution is 0.398. The Labute approximate surface area is 110 Å². The maximum Gasteiger partial charge on any atom is 0.223 e. The molecule has 0 atom stereocenters. The van der Waals surface area contributed by atoms with Crippen LogP contribution in [-0.2, 0) is 0 Å². The van der Waals surface area contributed by atoms with Crippen LogP contribution in [-0.4, -0.2) is 22.1 Å². The maximum absolute atomic E-state index is 5.70. The van der Waals surface area contributed by atoms with Gasteiger partial charge in [0.2, 0.25) is 11.8 Å². The molecule has 2 heterocycles. The fraction of sp³-hybridized carbons (Fsp3) is 0.0714. The predicted octanol–water partition coefficient (Wildman–Crippen LogP) is 2.28. The largest absolute Gasteiger partial charge is 0.481 e. The molecule has 0 aliphatic rings. The summed E-state index contributed by atoms with van der Waals surface area (Å²) in [6.07, 6.45) is 3.58. The summed E-state index contributed by atoms with van der Waals surface area (Å²) in [6, 6.07) is 9.70. The number of rotatable bonds is 2. The lowest BCUT2D eigenvalue weighted by atomic mass is 10.0. The zero-order chi connectivity index (χ0) is 13.2. The van der Waals surface area contributed by atoms with Crippen LogP contribution < -0.4 is 10.5 Å². The van der Waals surface area contributed by atoms with Gasteiger partial charge < -0.3 is 10.5 Å². The van der Waals surface area contributed by atoms with Gasteiger partial charge >= 0.3 is 0 Å². The van der Waals surface area contributed by atoms with Crippen molar-refractivity contribution in [1.29, 1.82) is 0 Å². The minimum atomic E-state index is 0.190. The van der Waals surface area contributed by atoms with Gasteiger partial charge in [-0.1, -0.05) is 18.2 Å². The number of hydrogen-bond acceptors (Lipinski definition) is 5. The van der Waals surface area contributed by atoms with Crippen molar-refractivity contribution in [3.63, 3.8) is 0 Å². The molecule has 0 aliphatic heterocycles. The Morgan fingerprint density at radius 1 is 1.16 bits per heavy atom. The Morgan fingerprint density at radius 2 is 2.05 bits per heavy atom. The summed E-state index contributed by atoms with van der Waals surface area (Å²) in [5.41, 5.74) is 7.38. The second kappa shape index (κ2) is 4.53. The summed E-state index contributed by atoms with van der Waals surface area (Å²) in [7, 11) is 1.55. The first-order valence-electron chi connectivity index (χ1n) is 5.79. The summed E-state index contributed by atoms with van der Waals surface area (Å²) in [6.45, 7) is 0. The molecule has 5 nitrogen and oxygen atoms in total. The SMILES string of the molecule is COc1cc(-c2cccc3ccncc23)nc(N)n1. The number of nitrogen functional groups attached to an aromatic ring is 1. The first-order valence-corrected chi connectivity index (χ1v) is 5.79. The Morgan fingerprint density at radius 3 is 2.89 bits per heavy atom. The third-order valence-corrected chi connectivity index (χ3v) is 2.89. The summed E-state index contributed by atoms with van der Waals surface area (Å²) in [4.78, 5) is 12.4. The Bertz CT molecular complexity index is 737. The smallest absolute Gasteiger partial charge is 0.223 e. The fourth-order valence-electron chi connectivity index (χ4n) is 2.02. The number of nitrogens with zero attached hydrogens (tertiary/aromatic N) is 3. The highest BCUT2D eigenvalue weighted by Gasteiger charge is 2.08. The molecule has 3 rings (SSSR count). The van der Waals surface area contributed by atoms with Crippen molar-refractivity contribution in [3.05, 3.63) is 42.7 Å². The van der Waals surface area contributed by atoms with Crippen LogP contribution in [0.5, 0.6) is 5.88 Å². The molecule has 5 heteroatoms. The first-order chi connectivity index (χ1) is 9.28.